The van der Waals surface area contributed by atoms with Crippen molar-refractivity contribution in [3.05, 3.63) is 0 Å². The zero-order valence-corrected chi connectivity index (χ0v) is 20.9. The Hall–Kier alpha value is 1.15. The first-order chi connectivity index (χ1) is 13.4. The van der Waals surface area contributed by atoms with E-state index in [4.69, 9.17) is 30.6 Å². The molecule has 0 heterocycles. The van der Waals surface area contributed by atoms with Crippen LogP contribution in [0, 0.1) is 0 Å². The molecule has 23 heteroatoms. The average molecular weight is 614 g/mol. The van der Waals surface area contributed by atoms with Gasteiger partial charge in [0.2, 0.25) is 0 Å². The first kappa shape index (κ1) is 43.2. The van der Waals surface area contributed by atoms with Gasteiger partial charge in [-0.1, -0.05) is 0 Å². The standard InChI is InChI=1S/3C3H9O6P.2Cr/c3*4-1-3(5)2-9-10(6,7)8;;/h3*3-5H,1-2H2,(H2,6,7,8);;/q;;;2*+3/p-6. The molecule has 0 fully saturated rings. The number of hydrogen-bond donors (Lipinski definition) is 6. The van der Waals surface area contributed by atoms with Crippen molar-refractivity contribution in [1.82, 2.24) is 0 Å². The topological polar surface area (TPSA) is 339 Å². The molecule has 0 aromatic rings. The molecule has 6 N–H and O–H groups in total. The van der Waals surface area contributed by atoms with Crippen LogP contribution in [-0.4, -0.2) is 88.6 Å². The van der Waals surface area contributed by atoms with E-state index in [1.165, 1.54) is 0 Å². The number of hydrogen-bond acceptors (Lipinski definition) is 18. The van der Waals surface area contributed by atoms with E-state index in [0.717, 1.165) is 0 Å². The summed E-state index contributed by atoms with van der Waals surface area (Å²) in [5.74, 6) is 0. The number of rotatable bonds is 12. The Morgan fingerprint density at radius 2 is 0.688 bits per heavy atom. The fourth-order valence-corrected chi connectivity index (χ4v) is 1.75. The molecular formula is C9H21Cr2O18P3. The summed E-state index contributed by atoms with van der Waals surface area (Å²) in [6.07, 6.45) is -3.97. The predicted molar refractivity (Wildman–Crippen MR) is 80.0 cm³/mol. The predicted octanol–water partition coefficient (Wildman–Crippen LogP) is -8.45. The Morgan fingerprint density at radius 3 is 0.781 bits per heavy atom. The molecule has 3 atom stereocenters. The van der Waals surface area contributed by atoms with Crippen molar-refractivity contribution in [2.45, 2.75) is 18.3 Å². The fraction of sp³-hybridized carbons (Fsp3) is 1.00. The van der Waals surface area contributed by atoms with Crippen LogP contribution in [0.2, 0.25) is 0 Å². The molecule has 0 aromatic carbocycles. The zero-order chi connectivity index (χ0) is 24.6. The van der Waals surface area contributed by atoms with Gasteiger partial charge in [0.15, 0.2) is 0 Å². The molecule has 0 aliphatic carbocycles. The van der Waals surface area contributed by atoms with E-state index in [-0.39, 0.29) is 34.7 Å². The molecule has 2 radical (unpaired) electrons. The van der Waals surface area contributed by atoms with Crippen LogP contribution >= 0.6 is 23.5 Å². The van der Waals surface area contributed by atoms with Crippen LogP contribution in [0.1, 0.15) is 0 Å². The normalized spacial score (nSPS) is 14.2. The van der Waals surface area contributed by atoms with E-state index < -0.39 is 81.4 Å². The minimum atomic E-state index is -5.00. The summed E-state index contributed by atoms with van der Waals surface area (Å²) in [5, 5.41) is 49.7. The first-order valence-corrected chi connectivity index (χ1v) is 11.6. The molecule has 0 aliphatic heterocycles. The van der Waals surface area contributed by atoms with E-state index in [0.29, 0.717) is 0 Å². The minimum Gasteiger partial charge on any atom is -0.790 e. The van der Waals surface area contributed by atoms with Gasteiger partial charge in [-0.2, -0.15) is 0 Å². The Morgan fingerprint density at radius 1 is 0.531 bits per heavy atom. The van der Waals surface area contributed by atoms with Crippen LogP contribution in [0.3, 0.4) is 0 Å². The first-order valence-electron chi connectivity index (χ1n) is 7.23. The van der Waals surface area contributed by atoms with E-state index in [2.05, 4.69) is 13.6 Å². The Labute approximate surface area is 203 Å². The third-order valence-electron chi connectivity index (χ3n) is 1.91. The molecular weight excluding hydrogens is 593 g/mol. The van der Waals surface area contributed by atoms with E-state index in [1.807, 2.05) is 0 Å². The largest absolute Gasteiger partial charge is 3.00 e. The molecule has 0 amide bonds. The quantitative estimate of drug-likeness (QED) is 0.111. The van der Waals surface area contributed by atoms with Crippen molar-refractivity contribution in [3.63, 3.8) is 0 Å². The van der Waals surface area contributed by atoms with Crippen molar-refractivity contribution in [3.8, 4) is 0 Å². The molecule has 0 saturated carbocycles. The Kier molecular flexibility index (Phi) is 30.6. The second-order valence-electron chi connectivity index (χ2n) is 4.74. The van der Waals surface area contributed by atoms with Gasteiger partial charge in [-0.3, -0.25) is 0 Å². The molecule has 0 bridgehead atoms. The third-order valence-corrected chi connectivity index (χ3v) is 3.30. The summed E-state index contributed by atoms with van der Waals surface area (Å²) in [5.41, 5.74) is 0. The third kappa shape index (κ3) is 44.8. The second-order valence-corrected chi connectivity index (χ2v) is 8.20. The van der Waals surface area contributed by atoms with Crippen LogP contribution in [0.15, 0.2) is 0 Å². The summed E-state index contributed by atoms with van der Waals surface area (Å²) in [7, 11) is -15.0. The maximum atomic E-state index is 9.71. The van der Waals surface area contributed by atoms with Gasteiger partial charge in [-0.05, 0) is 0 Å². The molecule has 0 saturated heterocycles. The van der Waals surface area contributed by atoms with E-state index in [1.54, 1.807) is 0 Å². The van der Waals surface area contributed by atoms with Crippen molar-refractivity contribution in [2.75, 3.05) is 39.6 Å². The van der Waals surface area contributed by atoms with Crippen molar-refractivity contribution in [2.24, 2.45) is 0 Å². The Balaban J connectivity index is -0.000000110. The van der Waals surface area contributed by atoms with Gasteiger partial charge in [0.25, 0.3) is 0 Å². The SMILES string of the molecule is O=P([O-])([O-])OCC(O)CO.O=P([O-])([O-])OCC(O)CO.O=P([O-])([O-])OCC(O)CO.[Cr+3].[Cr+3]. The molecule has 0 spiro atoms. The van der Waals surface area contributed by atoms with Crippen LogP contribution in [-0.2, 0) is 62.0 Å². The number of phosphoric acid groups is 3. The number of aliphatic hydroxyl groups is 6. The van der Waals surface area contributed by atoms with Gasteiger partial charge in [0.05, 0.1) is 63.1 Å². The molecule has 0 aliphatic rings. The number of phosphoric ester groups is 3. The summed E-state index contributed by atoms with van der Waals surface area (Å²) in [6.45, 7) is -4.00. The van der Waals surface area contributed by atoms with E-state index in [9.17, 15) is 43.1 Å². The monoisotopic (exact) mass is 614 g/mol. The van der Waals surface area contributed by atoms with Crippen molar-refractivity contribution < 1.29 is 122 Å². The van der Waals surface area contributed by atoms with Gasteiger partial charge < -0.3 is 87.3 Å². The van der Waals surface area contributed by atoms with Crippen molar-refractivity contribution in [1.29, 1.82) is 0 Å². The number of aliphatic hydroxyl groups excluding tert-OH is 6. The summed E-state index contributed by atoms with van der Waals surface area (Å²) in [6, 6.07) is 0. The maximum absolute atomic E-state index is 9.71. The maximum Gasteiger partial charge on any atom is 3.00 e. The van der Waals surface area contributed by atoms with Gasteiger partial charge in [-0.15, -0.1) is 0 Å². The molecule has 0 rings (SSSR count). The molecule has 18 nitrogen and oxygen atoms in total. The fourth-order valence-electron chi connectivity index (χ4n) is 0.690. The van der Waals surface area contributed by atoms with Gasteiger partial charge in [-0.25, -0.2) is 0 Å². The summed E-state index contributed by atoms with van der Waals surface area (Å²) in [4.78, 5) is 58.3. The van der Waals surface area contributed by atoms with Gasteiger partial charge >= 0.3 is 34.7 Å². The van der Waals surface area contributed by atoms with Crippen LogP contribution < -0.4 is 29.4 Å². The second kappa shape index (κ2) is 22.6. The van der Waals surface area contributed by atoms with Crippen LogP contribution in [0.25, 0.3) is 0 Å². The zero-order valence-electron chi connectivity index (χ0n) is 15.7. The summed E-state index contributed by atoms with van der Waals surface area (Å²) < 4.78 is 40.0. The van der Waals surface area contributed by atoms with Gasteiger partial charge in [0, 0.05) is 0 Å². The van der Waals surface area contributed by atoms with Crippen molar-refractivity contribution >= 4 is 23.5 Å². The average Bonchev–Trinajstić information content (AvgIpc) is 2.61. The Bertz CT molecular complexity index is 474. The van der Waals surface area contributed by atoms with Gasteiger partial charge in [0.1, 0.15) is 18.3 Å². The molecule has 3 unspecified atom stereocenters. The van der Waals surface area contributed by atoms with Crippen LogP contribution in [0.4, 0.5) is 0 Å². The van der Waals surface area contributed by atoms with Crippen LogP contribution in [0.5, 0.6) is 0 Å². The van der Waals surface area contributed by atoms with E-state index >= 15 is 0 Å². The molecule has 192 valence electrons. The molecule has 0 aromatic heterocycles. The summed E-state index contributed by atoms with van der Waals surface area (Å²) >= 11 is 0. The smallest absolute Gasteiger partial charge is 0.790 e. The minimum absolute atomic E-state index is 0. The molecule has 32 heavy (non-hydrogen) atoms.